The normalized spacial score (nSPS) is 14.3. The molecule has 3 aromatic rings. The van der Waals surface area contributed by atoms with Crippen molar-refractivity contribution in [3.8, 4) is 0 Å². The molecular formula is C25H27N3O3S. The standard InChI is InChI=1S/C25H27N3O3S/c1-19-8-13-24(18-20(19)2)32(30,31)26-22-11-9-21(10-12-22)25(29)28-16-14-27(15-17-28)23-6-4-3-5-7-23/h3-13,18,26H,14-17H2,1-2H3. The topological polar surface area (TPSA) is 69.7 Å². The third-order valence-electron chi connectivity index (χ3n) is 5.86. The first kappa shape index (κ1) is 21.9. The maximum atomic E-state index is 12.9. The van der Waals surface area contributed by atoms with E-state index in [4.69, 9.17) is 0 Å². The van der Waals surface area contributed by atoms with Gasteiger partial charge in [-0.15, -0.1) is 0 Å². The summed E-state index contributed by atoms with van der Waals surface area (Å²) in [6.07, 6.45) is 0. The molecule has 1 amide bonds. The van der Waals surface area contributed by atoms with Crippen molar-refractivity contribution in [1.29, 1.82) is 0 Å². The first-order valence-corrected chi connectivity index (χ1v) is 12.1. The number of nitrogens with one attached hydrogen (secondary N) is 1. The molecule has 0 radical (unpaired) electrons. The number of nitrogens with zero attached hydrogens (tertiary/aromatic N) is 2. The largest absolute Gasteiger partial charge is 0.368 e. The van der Waals surface area contributed by atoms with Gasteiger partial charge in [0.05, 0.1) is 4.90 Å². The van der Waals surface area contributed by atoms with Gasteiger partial charge in [0, 0.05) is 43.1 Å². The van der Waals surface area contributed by atoms with Gasteiger partial charge in [-0.05, 0) is 73.5 Å². The Bertz CT molecular complexity index is 1200. The molecule has 1 saturated heterocycles. The molecule has 0 aliphatic carbocycles. The number of sulfonamides is 1. The number of piperazine rings is 1. The second-order valence-electron chi connectivity index (χ2n) is 8.04. The van der Waals surface area contributed by atoms with Crippen LogP contribution in [0.2, 0.25) is 0 Å². The highest BCUT2D eigenvalue weighted by atomic mass is 32.2. The molecule has 1 fully saturated rings. The van der Waals surface area contributed by atoms with Crippen LogP contribution in [0, 0.1) is 13.8 Å². The van der Waals surface area contributed by atoms with Crippen LogP contribution in [0.25, 0.3) is 0 Å². The summed E-state index contributed by atoms with van der Waals surface area (Å²) in [5, 5.41) is 0. The Morgan fingerprint density at radius 2 is 1.47 bits per heavy atom. The van der Waals surface area contributed by atoms with Gasteiger partial charge in [0.25, 0.3) is 15.9 Å². The smallest absolute Gasteiger partial charge is 0.261 e. The highest BCUT2D eigenvalue weighted by Gasteiger charge is 2.22. The lowest BCUT2D eigenvalue weighted by Crippen LogP contribution is -2.48. The average Bonchev–Trinajstić information content (AvgIpc) is 2.81. The molecule has 1 aliphatic rings. The summed E-state index contributed by atoms with van der Waals surface area (Å²) in [5.41, 5.74) is 4.10. The summed E-state index contributed by atoms with van der Waals surface area (Å²) < 4.78 is 28.0. The summed E-state index contributed by atoms with van der Waals surface area (Å²) in [6.45, 7) is 6.68. The third kappa shape index (κ3) is 4.78. The van der Waals surface area contributed by atoms with Gasteiger partial charge in [-0.2, -0.15) is 0 Å². The Morgan fingerprint density at radius 3 is 2.09 bits per heavy atom. The van der Waals surface area contributed by atoms with Crippen LogP contribution in [0.15, 0.2) is 77.7 Å². The third-order valence-corrected chi connectivity index (χ3v) is 7.24. The van der Waals surface area contributed by atoms with Crippen LogP contribution in [-0.2, 0) is 10.0 Å². The summed E-state index contributed by atoms with van der Waals surface area (Å²) in [6, 6.07) is 21.8. The van der Waals surface area contributed by atoms with Gasteiger partial charge >= 0.3 is 0 Å². The number of anilines is 2. The van der Waals surface area contributed by atoms with Gasteiger partial charge in [-0.3, -0.25) is 9.52 Å². The molecule has 0 saturated carbocycles. The van der Waals surface area contributed by atoms with Crippen molar-refractivity contribution in [3.63, 3.8) is 0 Å². The zero-order valence-corrected chi connectivity index (χ0v) is 19.1. The van der Waals surface area contributed by atoms with E-state index in [1.54, 1.807) is 42.5 Å². The molecule has 7 heteroatoms. The molecule has 32 heavy (non-hydrogen) atoms. The van der Waals surface area contributed by atoms with Gasteiger partial charge < -0.3 is 9.80 Å². The van der Waals surface area contributed by atoms with E-state index in [2.05, 4.69) is 21.8 Å². The predicted molar refractivity (Wildman–Crippen MR) is 128 cm³/mol. The fourth-order valence-corrected chi connectivity index (χ4v) is 4.91. The van der Waals surface area contributed by atoms with Gasteiger partial charge in [0.1, 0.15) is 0 Å². The van der Waals surface area contributed by atoms with Gasteiger partial charge in [-0.25, -0.2) is 8.42 Å². The number of para-hydroxylation sites is 1. The minimum Gasteiger partial charge on any atom is -0.368 e. The Morgan fingerprint density at radius 1 is 0.812 bits per heavy atom. The molecule has 0 bridgehead atoms. The first-order valence-electron chi connectivity index (χ1n) is 10.6. The van der Waals surface area contributed by atoms with E-state index in [1.165, 1.54) is 5.69 Å². The molecule has 0 unspecified atom stereocenters. The van der Waals surface area contributed by atoms with Crippen molar-refractivity contribution in [1.82, 2.24) is 4.90 Å². The van der Waals surface area contributed by atoms with Gasteiger partial charge in [-0.1, -0.05) is 24.3 Å². The van der Waals surface area contributed by atoms with Gasteiger partial charge in [0.15, 0.2) is 0 Å². The van der Waals surface area contributed by atoms with E-state index < -0.39 is 10.0 Å². The van der Waals surface area contributed by atoms with E-state index in [1.807, 2.05) is 36.9 Å². The molecule has 0 aromatic heterocycles. The molecule has 1 aliphatic heterocycles. The molecular weight excluding hydrogens is 422 g/mol. The van der Waals surface area contributed by atoms with Crippen molar-refractivity contribution in [2.45, 2.75) is 18.7 Å². The number of carbonyl (C=O) groups excluding carboxylic acids is 1. The van der Waals surface area contributed by atoms with E-state index >= 15 is 0 Å². The number of hydrogen-bond donors (Lipinski definition) is 1. The van der Waals surface area contributed by atoms with Crippen LogP contribution >= 0.6 is 0 Å². The quantitative estimate of drug-likeness (QED) is 0.638. The monoisotopic (exact) mass is 449 g/mol. The molecule has 3 aromatic carbocycles. The van der Waals surface area contributed by atoms with E-state index in [9.17, 15) is 13.2 Å². The molecule has 1 N–H and O–H groups in total. The van der Waals surface area contributed by atoms with E-state index in [0.29, 0.717) is 24.3 Å². The number of aryl methyl sites for hydroxylation is 2. The highest BCUT2D eigenvalue weighted by molar-refractivity contribution is 7.92. The summed E-state index contributed by atoms with van der Waals surface area (Å²) in [7, 11) is -3.69. The van der Waals surface area contributed by atoms with Crippen molar-refractivity contribution in [2.24, 2.45) is 0 Å². The Labute approximate surface area is 189 Å². The van der Waals surface area contributed by atoms with Crippen LogP contribution < -0.4 is 9.62 Å². The van der Waals surface area contributed by atoms with Crippen molar-refractivity contribution >= 4 is 27.3 Å². The predicted octanol–water partition coefficient (Wildman–Crippen LogP) is 4.07. The molecule has 1 heterocycles. The fraction of sp³-hybridized carbons (Fsp3) is 0.240. The zero-order valence-electron chi connectivity index (χ0n) is 18.3. The van der Waals surface area contributed by atoms with Crippen molar-refractivity contribution in [3.05, 3.63) is 89.5 Å². The Kier molecular flexibility index (Phi) is 6.19. The maximum Gasteiger partial charge on any atom is 0.261 e. The number of rotatable bonds is 5. The van der Waals surface area contributed by atoms with Crippen LogP contribution in [0.1, 0.15) is 21.5 Å². The Balaban J connectivity index is 1.39. The maximum absolute atomic E-state index is 12.9. The van der Waals surface area contributed by atoms with Gasteiger partial charge in [0.2, 0.25) is 0 Å². The minimum atomic E-state index is -3.69. The molecule has 6 nitrogen and oxygen atoms in total. The van der Waals surface area contributed by atoms with Crippen molar-refractivity contribution < 1.29 is 13.2 Å². The lowest BCUT2D eigenvalue weighted by Gasteiger charge is -2.36. The summed E-state index contributed by atoms with van der Waals surface area (Å²) in [5.74, 6) is -0.0405. The lowest BCUT2D eigenvalue weighted by molar-refractivity contribution is 0.0747. The second-order valence-corrected chi connectivity index (χ2v) is 9.73. The summed E-state index contributed by atoms with van der Waals surface area (Å²) >= 11 is 0. The summed E-state index contributed by atoms with van der Waals surface area (Å²) in [4.78, 5) is 17.2. The second kappa shape index (κ2) is 9.04. The van der Waals surface area contributed by atoms with Crippen LogP contribution in [0.3, 0.4) is 0 Å². The highest BCUT2D eigenvalue weighted by Crippen LogP contribution is 2.21. The number of amides is 1. The Hall–Kier alpha value is -3.32. The van der Waals surface area contributed by atoms with E-state index in [-0.39, 0.29) is 10.8 Å². The van der Waals surface area contributed by atoms with E-state index in [0.717, 1.165) is 24.2 Å². The average molecular weight is 450 g/mol. The minimum absolute atomic E-state index is 0.0405. The zero-order chi connectivity index (χ0) is 22.7. The van der Waals surface area contributed by atoms with Crippen LogP contribution in [-0.4, -0.2) is 45.4 Å². The molecule has 166 valence electrons. The molecule has 0 atom stereocenters. The number of hydrogen-bond acceptors (Lipinski definition) is 4. The van der Waals surface area contributed by atoms with Crippen LogP contribution in [0.5, 0.6) is 0 Å². The number of benzene rings is 3. The molecule has 4 rings (SSSR count). The first-order chi connectivity index (χ1) is 15.3. The van der Waals surface area contributed by atoms with Crippen molar-refractivity contribution in [2.75, 3.05) is 35.8 Å². The lowest BCUT2D eigenvalue weighted by atomic mass is 10.1. The number of carbonyl (C=O) groups is 1. The molecule has 0 spiro atoms. The SMILES string of the molecule is Cc1ccc(S(=O)(=O)Nc2ccc(C(=O)N3CCN(c4ccccc4)CC3)cc2)cc1C. The fourth-order valence-electron chi connectivity index (χ4n) is 3.77. The van der Waals surface area contributed by atoms with Crippen LogP contribution in [0.4, 0.5) is 11.4 Å².